The third-order valence-corrected chi connectivity index (χ3v) is 5.69. The van der Waals surface area contributed by atoms with Crippen LogP contribution in [0, 0.1) is 11.8 Å². The van der Waals surface area contributed by atoms with E-state index in [1.54, 1.807) is 0 Å². The minimum Gasteiger partial charge on any atom is -0.330 e. The molecule has 1 nitrogen and oxygen atoms in total. The molecule has 3 atom stereocenters. The number of benzene rings is 1. The van der Waals surface area contributed by atoms with Crippen molar-refractivity contribution in [2.45, 2.75) is 42.8 Å². The monoisotopic (exact) mass is 283 g/mol. The van der Waals surface area contributed by atoms with Gasteiger partial charge in [-0.15, -0.1) is 11.8 Å². The summed E-state index contributed by atoms with van der Waals surface area (Å²) in [4.78, 5) is 1.32. The van der Waals surface area contributed by atoms with Crippen LogP contribution in [-0.2, 0) is 0 Å². The minimum atomic E-state index is 0.675. The standard InChI is InChI=1S/C15H22ClNS/c1-2-11-3-4-12(10-17)15(9-11)18-14-7-5-13(16)6-8-14/h5-8,11-12,15H,2-4,9-10,17H2,1H3. The van der Waals surface area contributed by atoms with Crippen molar-refractivity contribution in [1.29, 1.82) is 0 Å². The highest BCUT2D eigenvalue weighted by Gasteiger charge is 2.29. The highest BCUT2D eigenvalue weighted by atomic mass is 35.5. The van der Waals surface area contributed by atoms with Gasteiger partial charge in [0, 0.05) is 15.2 Å². The molecule has 0 bridgehead atoms. The molecule has 1 fully saturated rings. The maximum absolute atomic E-state index is 5.93. The van der Waals surface area contributed by atoms with E-state index in [2.05, 4.69) is 19.1 Å². The summed E-state index contributed by atoms with van der Waals surface area (Å²) in [7, 11) is 0. The topological polar surface area (TPSA) is 26.0 Å². The summed E-state index contributed by atoms with van der Waals surface area (Å²) >= 11 is 7.91. The zero-order valence-electron chi connectivity index (χ0n) is 10.9. The van der Waals surface area contributed by atoms with Crippen LogP contribution in [0.25, 0.3) is 0 Å². The van der Waals surface area contributed by atoms with Gasteiger partial charge in [-0.05, 0) is 55.5 Å². The smallest absolute Gasteiger partial charge is 0.0406 e. The molecule has 0 saturated heterocycles. The maximum Gasteiger partial charge on any atom is 0.0406 e. The number of rotatable bonds is 4. The average Bonchev–Trinajstić information content (AvgIpc) is 2.41. The molecule has 1 aliphatic carbocycles. The fourth-order valence-corrected chi connectivity index (χ4v) is 4.32. The highest BCUT2D eigenvalue weighted by Crippen LogP contribution is 2.40. The second-order valence-corrected chi connectivity index (χ2v) is 6.94. The van der Waals surface area contributed by atoms with Gasteiger partial charge in [0.2, 0.25) is 0 Å². The Hall–Kier alpha value is -0.180. The number of hydrogen-bond donors (Lipinski definition) is 1. The molecule has 3 unspecified atom stereocenters. The van der Waals surface area contributed by atoms with Crippen LogP contribution in [-0.4, -0.2) is 11.8 Å². The lowest BCUT2D eigenvalue weighted by Gasteiger charge is -2.35. The first-order valence-corrected chi connectivity index (χ1v) is 8.11. The molecule has 2 rings (SSSR count). The Labute approximate surface area is 119 Å². The van der Waals surface area contributed by atoms with Crippen molar-refractivity contribution in [2.75, 3.05) is 6.54 Å². The van der Waals surface area contributed by atoms with Gasteiger partial charge >= 0.3 is 0 Å². The molecule has 18 heavy (non-hydrogen) atoms. The van der Waals surface area contributed by atoms with Gasteiger partial charge in [0.1, 0.15) is 0 Å². The van der Waals surface area contributed by atoms with E-state index < -0.39 is 0 Å². The third-order valence-electron chi connectivity index (χ3n) is 4.02. The maximum atomic E-state index is 5.93. The molecule has 0 radical (unpaired) electrons. The summed E-state index contributed by atoms with van der Waals surface area (Å²) in [6.45, 7) is 3.12. The summed E-state index contributed by atoms with van der Waals surface area (Å²) in [5.74, 6) is 1.56. The molecule has 1 aromatic carbocycles. The van der Waals surface area contributed by atoms with Gasteiger partial charge in [0.25, 0.3) is 0 Å². The third kappa shape index (κ3) is 3.66. The van der Waals surface area contributed by atoms with E-state index in [4.69, 9.17) is 17.3 Å². The molecule has 3 heteroatoms. The van der Waals surface area contributed by atoms with Crippen LogP contribution < -0.4 is 5.73 Å². The molecule has 0 amide bonds. The van der Waals surface area contributed by atoms with Crippen LogP contribution in [0.4, 0.5) is 0 Å². The van der Waals surface area contributed by atoms with Crippen molar-refractivity contribution in [3.63, 3.8) is 0 Å². The lowest BCUT2D eigenvalue weighted by Crippen LogP contribution is -2.32. The Morgan fingerprint density at radius 1 is 1.28 bits per heavy atom. The molecule has 0 aliphatic heterocycles. The second kappa shape index (κ2) is 6.83. The minimum absolute atomic E-state index is 0.675. The molecular weight excluding hydrogens is 262 g/mol. The van der Waals surface area contributed by atoms with Gasteiger partial charge < -0.3 is 5.73 Å². The molecule has 0 aromatic heterocycles. The Morgan fingerprint density at radius 3 is 2.61 bits per heavy atom. The summed E-state index contributed by atoms with van der Waals surface area (Å²) in [5.41, 5.74) is 5.92. The first-order valence-electron chi connectivity index (χ1n) is 6.85. The van der Waals surface area contributed by atoms with E-state index >= 15 is 0 Å². The van der Waals surface area contributed by atoms with Crippen LogP contribution in [0.3, 0.4) is 0 Å². The predicted octanol–water partition coefficient (Wildman–Crippen LogP) is 4.59. The van der Waals surface area contributed by atoms with E-state index in [0.29, 0.717) is 11.2 Å². The van der Waals surface area contributed by atoms with E-state index in [-0.39, 0.29) is 0 Å². The van der Waals surface area contributed by atoms with Crippen LogP contribution in [0.2, 0.25) is 5.02 Å². The summed E-state index contributed by atoms with van der Waals surface area (Å²) < 4.78 is 0. The van der Waals surface area contributed by atoms with Crippen LogP contribution in [0.15, 0.2) is 29.2 Å². The van der Waals surface area contributed by atoms with E-state index in [1.807, 2.05) is 23.9 Å². The van der Waals surface area contributed by atoms with E-state index in [9.17, 15) is 0 Å². The van der Waals surface area contributed by atoms with Gasteiger partial charge in [-0.2, -0.15) is 0 Å². The number of halogens is 1. The number of thioether (sulfide) groups is 1. The van der Waals surface area contributed by atoms with Crippen LogP contribution in [0.1, 0.15) is 32.6 Å². The normalized spacial score (nSPS) is 28.3. The first kappa shape index (κ1) is 14.2. The first-order chi connectivity index (χ1) is 8.72. The molecule has 1 aliphatic rings. The van der Waals surface area contributed by atoms with Crippen LogP contribution >= 0.6 is 23.4 Å². The van der Waals surface area contributed by atoms with Gasteiger partial charge in [0.05, 0.1) is 0 Å². The fourth-order valence-electron chi connectivity index (χ4n) is 2.75. The average molecular weight is 284 g/mol. The van der Waals surface area contributed by atoms with Gasteiger partial charge in [-0.1, -0.05) is 31.4 Å². The zero-order valence-corrected chi connectivity index (χ0v) is 12.5. The Bertz CT molecular complexity index is 365. The largest absolute Gasteiger partial charge is 0.330 e. The zero-order chi connectivity index (χ0) is 13.0. The van der Waals surface area contributed by atoms with Crippen molar-refractivity contribution in [1.82, 2.24) is 0 Å². The van der Waals surface area contributed by atoms with Gasteiger partial charge in [-0.3, -0.25) is 0 Å². The molecule has 0 spiro atoms. The molecule has 2 N–H and O–H groups in total. The van der Waals surface area contributed by atoms with Crippen molar-refractivity contribution in [3.8, 4) is 0 Å². The summed E-state index contributed by atoms with van der Waals surface area (Å²) in [6.07, 6.45) is 5.26. The van der Waals surface area contributed by atoms with E-state index in [0.717, 1.165) is 17.5 Å². The van der Waals surface area contributed by atoms with Crippen molar-refractivity contribution >= 4 is 23.4 Å². The van der Waals surface area contributed by atoms with Crippen molar-refractivity contribution in [3.05, 3.63) is 29.3 Å². The number of hydrogen-bond acceptors (Lipinski definition) is 2. The quantitative estimate of drug-likeness (QED) is 0.875. The predicted molar refractivity (Wildman–Crippen MR) is 81.3 cm³/mol. The van der Waals surface area contributed by atoms with Gasteiger partial charge in [0.15, 0.2) is 0 Å². The van der Waals surface area contributed by atoms with E-state index in [1.165, 1.54) is 30.6 Å². The molecular formula is C15H22ClNS. The second-order valence-electron chi connectivity index (χ2n) is 5.19. The molecule has 1 saturated carbocycles. The molecule has 100 valence electrons. The Morgan fingerprint density at radius 2 is 2.00 bits per heavy atom. The summed E-state index contributed by atoms with van der Waals surface area (Å²) in [5, 5.41) is 1.49. The van der Waals surface area contributed by atoms with Crippen LogP contribution in [0.5, 0.6) is 0 Å². The lowest BCUT2D eigenvalue weighted by atomic mass is 9.80. The SMILES string of the molecule is CCC1CCC(CN)C(Sc2ccc(Cl)cc2)C1. The number of nitrogens with two attached hydrogens (primary N) is 1. The van der Waals surface area contributed by atoms with Crippen molar-refractivity contribution in [2.24, 2.45) is 17.6 Å². The highest BCUT2D eigenvalue weighted by molar-refractivity contribution is 8.00. The molecule has 1 aromatic rings. The fraction of sp³-hybridized carbons (Fsp3) is 0.600. The Balaban J connectivity index is 2.02. The van der Waals surface area contributed by atoms with Crippen molar-refractivity contribution < 1.29 is 0 Å². The summed E-state index contributed by atoms with van der Waals surface area (Å²) in [6, 6.07) is 8.19. The Kier molecular flexibility index (Phi) is 5.40. The van der Waals surface area contributed by atoms with Gasteiger partial charge in [-0.25, -0.2) is 0 Å². The molecule has 0 heterocycles. The lowest BCUT2D eigenvalue weighted by molar-refractivity contribution is 0.284.